The van der Waals surface area contributed by atoms with Crippen molar-refractivity contribution < 1.29 is 19.1 Å². The Morgan fingerprint density at radius 3 is 2.24 bits per heavy atom. The number of amidine groups is 1. The van der Waals surface area contributed by atoms with Gasteiger partial charge in [-0.2, -0.15) is 4.90 Å². The minimum absolute atomic E-state index is 0.233. The van der Waals surface area contributed by atoms with Crippen molar-refractivity contribution in [3.63, 3.8) is 0 Å². The minimum Gasteiger partial charge on any atom is -0.443 e. The van der Waals surface area contributed by atoms with Crippen LogP contribution in [0, 0.1) is 5.92 Å². The van der Waals surface area contributed by atoms with Crippen molar-refractivity contribution in [2.24, 2.45) is 10.9 Å². The second kappa shape index (κ2) is 9.37. The van der Waals surface area contributed by atoms with Crippen LogP contribution in [0.2, 0.25) is 5.02 Å². The van der Waals surface area contributed by atoms with E-state index in [0.29, 0.717) is 16.5 Å². The molecule has 33 heavy (non-hydrogen) atoms. The SMILES string of the molecule is CC(C)(C)OC(=O)N(C(=O)OC(C)(C)C)C1=N[C@@]2(c3cc(N)cc(Cl)c3)CCCC[C@H]2CS1. The Morgan fingerprint density at radius 2 is 1.70 bits per heavy atom. The Balaban J connectivity index is 2.11. The molecule has 2 aliphatic rings. The molecule has 2 amide bonds. The molecule has 0 unspecified atom stereocenters. The van der Waals surface area contributed by atoms with Crippen LogP contribution < -0.4 is 5.73 Å². The molecule has 0 bridgehead atoms. The number of nitrogen functional groups attached to an aromatic ring is 1. The van der Waals surface area contributed by atoms with E-state index < -0.39 is 28.9 Å². The van der Waals surface area contributed by atoms with Crippen LogP contribution in [0.25, 0.3) is 0 Å². The molecule has 2 N–H and O–H groups in total. The summed E-state index contributed by atoms with van der Waals surface area (Å²) >= 11 is 7.73. The maximum atomic E-state index is 13.2. The third-order valence-corrected chi connectivity index (χ3v) is 6.83. The van der Waals surface area contributed by atoms with Gasteiger partial charge in [-0.1, -0.05) is 36.2 Å². The number of rotatable bonds is 1. The molecular formula is C24H34ClN3O4S. The molecule has 1 fully saturated rings. The van der Waals surface area contributed by atoms with Crippen LogP contribution in [0.5, 0.6) is 0 Å². The summed E-state index contributed by atoms with van der Waals surface area (Å²) < 4.78 is 11.1. The summed E-state index contributed by atoms with van der Waals surface area (Å²) in [5.74, 6) is 0.935. The number of nitrogens with two attached hydrogens (primary N) is 1. The number of imide groups is 1. The van der Waals surface area contributed by atoms with Gasteiger partial charge in [0.1, 0.15) is 11.2 Å². The maximum Gasteiger partial charge on any atom is 0.426 e. The van der Waals surface area contributed by atoms with Crippen LogP contribution in [-0.2, 0) is 15.0 Å². The fourth-order valence-corrected chi connectivity index (χ4v) is 5.78. The van der Waals surface area contributed by atoms with Crippen LogP contribution in [0.1, 0.15) is 72.8 Å². The van der Waals surface area contributed by atoms with Gasteiger partial charge in [-0.15, -0.1) is 0 Å². The summed E-state index contributed by atoms with van der Waals surface area (Å²) in [6.07, 6.45) is 2.24. The Bertz CT molecular complexity index is 906. The first kappa shape index (κ1) is 25.7. The molecule has 0 saturated heterocycles. The van der Waals surface area contributed by atoms with Crippen molar-refractivity contribution in [2.45, 2.75) is 84.0 Å². The lowest BCUT2D eigenvalue weighted by Gasteiger charge is -2.45. The number of anilines is 1. The van der Waals surface area contributed by atoms with E-state index in [1.807, 2.05) is 12.1 Å². The highest BCUT2D eigenvalue weighted by molar-refractivity contribution is 8.13. The van der Waals surface area contributed by atoms with E-state index in [2.05, 4.69) is 0 Å². The predicted molar refractivity (Wildman–Crippen MR) is 134 cm³/mol. The smallest absolute Gasteiger partial charge is 0.426 e. The number of thioether (sulfide) groups is 1. The number of carbonyl (C=O) groups excluding carboxylic acids is 2. The zero-order valence-corrected chi connectivity index (χ0v) is 21.8. The second-order valence-electron chi connectivity index (χ2n) is 10.6. The monoisotopic (exact) mass is 495 g/mol. The molecule has 3 rings (SSSR count). The van der Waals surface area contributed by atoms with E-state index in [9.17, 15) is 9.59 Å². The highest BCUT2D eigenvalue weighted by Crippen LogP contribution is 2.50. The second-order valence-corrected chi connectivity index (χ2v) is 12.1. The average molecular weight is 496 g/mol. The molecule has 7 nitrogen and oxygen atoms in total. The lowest BCUT2D eigenvalue weighted by atomic mass is 9.70. The Morgan fingerprint density at radius 1 is 1.09 bits per heavy atom. The van der Waals surface area contributed by atoms with Crippen LogP contribution >= 0.6 is 23.4 Å². The van der Waals surface area contributed by atoms with Gasteiger partial charge in [0.2, 0.25) is 0 Å². The first-order chi connectivity index (χ1) is 15.2. The maximum absolute atomic E-state index is 13.2. The van der Waals surface area contributed by atoms with Crippen molar-refractivity contribution in [3.8, 4) is 0 Å². The Hall–Kier alpha value is -1.93. The first-order valence-electron chi connectivity index (χ1n) is 11.3. The Kier molecular flexibility index (Phi) is 7.30. The average Bonchev–Trinajstić information content (AvgIpc) is 2.64. The third kappa shape index (κ3) is 6.15. The predicted octanol–water partition coefficient (Wildman–Crippen LogP) is 6.58. The molecule has 1 saturated carbocycles. The van der Waals surface area contributed by atoms with E-state index in [-0.39, 0.29) is 11.1 Å². The van der Waals surface area contributed by atoms with Crippen LogP contribution in [0.4, 0.5) is 15.3 Å². The number of halogens is 1. The molecule has 1 aliphatic heterocycles. The largest absolute Gasteiger partial charge is 0.443 e. The van der Waals surface area contributed by atoms with Crippen molar-refractivity contribution in [2.75, 3.05) is 11.5 Å². The summed E-state index contributed by atoms with van der Waals surface area (Å²) in [6, 6.07) is 5.49. The summed E-state index contributed by atoms with van der Waals surface area (Å²) in [7, 11) is 0. The van der Waals surface area contributed by atoms with E-state index in [0.717, 1.165) is 36.1 Å². The molecule has 1 heterocycles. The topological polar surface area (TPSA) is 94.2 Å². The van der Waals surface area contributed by atoms with E-state index in [1.54, 1.807) is 47.6 Å². The van der Waals surface area contributed by atoms with Gasteiger partial charge in [-0.05, 0) is 84.1 Å². The molecule has 9 heteroatoms. The molecule has 0 spiro atoms. The lowest BCUT2D eigenvalue weighted by molar-refractivity contribution is 0.0149. The quantitative estimate of drug-likeness (QED) is 0.442. The molecule has 2 atom stereocenters. The number of hydrogen-bond donors (Lipinski definition) is 1. The molecule has 0 aromatic heterocycles. The molecule has 1 aliphatic carbocycles. The molecule has 1 aromatic carbocycles. The normalized spacial score (nSPS) is 23.2. The van der Waals surface area contributed by atoms with Gasteiger partial charge in [0, 0.05) is 16.5 Å². The number of nitrogens with zero attached hydrogens (tertiary/aromatic N) is 2. The highest BCUT2D eigenvalue weighted by Gasteiger charge is 2.48. The van der Waals surface area contributed by atoms with Gasteiger partial charge in [0.15, 0.2) is 5.17 Å². The number of hydrogen-bond acceptors (Lipinski definition) is 7. The van der Waals surface area contributed by atoms with Crippen molar-refractivity contribution in [1.29, 1.82) is 0 Å². The van der Waals surface area contributed by atoms with Gasteiger partial charge in [-0.3, -0.25) is 0 Å². The number of aliphatic imine (C=N–C) groups is 1. The van der Waals surface area contributed by atoms with Gasteiger partial charge in [0.05, 0.1) is 5.54 Å². The summed E-state index contributed by atoms with van der Waals surface area (Å²) in [6.45, 7) is 10.5. The lowest BCUT2D eigenvalue weighted by Crippen LogP contribution is -2.50. The standard InChI is InChI=1S/C24H34ClN3O4S/c1-22(2,3)31-20(29)28(21(30)32-23(4,5)6)19-27-24(10-8-7-9-15(24)14-33-19)16-11-17(25)13-18(26)12-16/h11-13,15H,7-10,14,26H2,1-6H3/t15-,24-/m0/s1. The zero-order valence-electron chi connectivity index (χ0n) is 20.2. The summed E-state index contributed by atoms with van der Waals surface area (Å²) in [4.78, 5) is 32.3. The van der Waals surface area contributed by atoms with Crippen molar-refractivity contribution in [1.82, 2.24) is 4.90 Å². The molecule has 182 valence electrons. The zero-order chi connectivity index (χ0) is 24.6. The van der Waals surface area contributed by atoms with Crippen molar-refractivity contribution in [3.05, 3.63) is 28.8 Å². The summed E-state index contributed by atoms with van der Waals surface area (Å²) in [5.41, 5.74) is 5.38. The molecule has 1 aromatic rings. The van der Waals surface area contributed by atoms with Crippen LogP contribution in [0.15, 0.2) is 23.2 Å². The minimum atomic E-state index is -0.807. The van der Waals surface area contributed by atoms with E-state index in [1.165, 1.54) is 11.8 Å². The fraction of sp³-hybridized carbons (Fsp3) is 0.625. The number of benzene rings is 1. The van der Waals surface area contributed by atoms with Crippen LogP contribution in [-0.4, -0.2) is 39.2 Å². The molecular weight excluding hydrogens is 462 g/mol. The summed E-state index contributed by atoms with van der Waals surface area (Å²) in [5, 5.41) is 0.810. The number of amides is 2. The van der Waals surface area contributed by atoms with Gasteiger partial charge in [0.25, 0.3) is 0 Å². The van der Waals surface area contributed by atoms with Gasteiger partial charge < -0.3 is 15.2 Å². The highest BCUT2D eigenvalue weighted by atomic mass is 35.5. The number of carbonyl (C=O) groups is 2. The van der Waals surface area contributed by atoms with Crippen molar-refractivity contribution >= 4 is 46.4 Å². The van der Waals surface area contributed by atoms with Gasteiger partial charge >= 0.3 is 12.2 Å². The Labute approximate surface area is 205 Å². The third-order valence-electron chi connectivity index (χ3n) is 5.51. The van der Waals surface area contributed by atoms with Gasteiger partial charge in [-0.25, -0.2) is 14.6 Å². The first-order valence-corrected chi connectivity index (χ1v) is 12.6. The van der Waals surface area contributed by atoms with Crippen LogP contribution in [0.3, 0.4) is 0 Å². The fourth-order valence-electron chi connectivity index (χ4n) is 4.24. The number of fused-ring (bicyclic) bond motifs is 1. The van der Waals surface area contributed by atoms with E-state index in [4.69, 9.17) is 31.8 Å². The number of ether oxygens (including phenoxy) is 2. The molecule has 0 radical (unpaired) electrons. The van der Waals surface area contributed by atoms with E-state index >= 15 is 0 Å².